The quantitative estimate of drug-likeness (QED) is 0.434. The summed E-state index contributed by atoms with van der Waals surface area (Å²) in [6.45, 7) is 3.84. The number of aromatic nitrogens is 1. The van der Waals surface area contributed by atoms with Gasteiger partial charge in [-0.1, -0.05) is 23.7 Å². The lowest BCUT2D eigenvalue weighted by atomic mass is 10.2. The number of ether oxygens (including phenoxy) is 2. The number of halogens is 2. The summed E-state index contributed by atoms with van der Waals surface area (Å²) < 4.78 is 26.8. The third-order valence-corrected chi connectivity index (χ3v) is 6.85. The van der Waals surface area contributed by atoms with Gasteiger partial charge in [-0.25, -0.2) is 4.39 Å². The first-order chi connectivity index (χ1) is 15.8. The molecule has 0 N–H and O–H groups in total. The van der Waals surface area contributed by atoms with E-state index in [0.29, 0.717) is 32.7 Å². The van der Waals surface area contributed by atoms with Crippen molar-refractivity contribution in [2.45, 2.75) is 20.4 Å². The molecule has 0 bridgehead atoms. The molecular weight excluding hydrogens is 467 g/mol. The number of amides is 2. The van der Waals surface area contributed by atoms with Crippen molar-refractivity contribution >= 4 is 40.6 Å². The van der Waals surface area contributed by atoms with E-state index < -0.39 is 5.91 Å². The molecule has 5 rings (SSSR count). The molecule has 168 valence electrons. The van der Waals surface area contributed by atoms with E-state index in [4.69, 9.17) is 21.1 Å². The molecule has 3 heterocycles. The number of para-hydroxylation sites is 1. The van der Waals surface area contributed by atoms with Crippen LogP contribution in [0.1, 0.15) is 22.5 Å². The van der Waals surface area contributed by atoms with Crippen molar-refractivity contribution in [2.24, 2.45) is 0 Å². The van der Waals surface area contributed by atoms with Gasteiger partial charge in [-0.05, 0) is 67.1 Å². The molecule has 1 aromatic heterocycles. The highest BCUT2D eigenvalue weighted by Crippen LogP contribution is 2.39. The van der Waals surface area contributed by atoms with Crippen LogP contribution in [0.15, 0.2) is 47.4 Å². The zero-order valence-electron chi connectivity index (χ0n) is 17.7. The first-order valence-corrected chi connectivity index (χ1v) is 11.3. The summed E-state index contributed by atoms with van der Waals surface area (Å²) in [6.07, 6.45) is 1.67. The molecule has 0 unspecified atom stereocenters. The molecule has 0 aliphatic carbocycles. The van der Waals surface area contributed by atoms with Crippen molar-refractivity contribution in [3.05, 3.63) is 80.7 Å². The van der Waals surface area contributed by atoms with E-state index in [2.05, 4.69) is 0 Å². The predicted molar refractivity (Wildman–Crippen MR) is 124 cm³/mol. The summed E-state index contributed by atoms with van der Waals surface area (Å²) in [4.78, 5) is 27.1. The average Bonchev–Trinajstić information content (AvgIpc) is 3.41. The number of benzene rings is 2. The highest BCUT2D eigenvalue weighted by Gasteiger charge is 2.36. The van der Waals surface area contributed by atoms with E-state index in [1.807, 2.05) is 19.9 Å². The van der Waals surface area contributed by atoms with Crippen LogP contribution in [-0.2, 0) is 11.3 Å². The Labute approximate surface area is 198 Å². The number of fused-ring (bicyclic) bond motifs is 1. The molecule has 33 heavy (non-hydrogen) atoms. The molecule has 2 aromatic carbocycles. The molecule has 1 saturated heterocycles. The molecule has 6 nitrogen and oxygen atoms in total. The third kappa shape index (κ3) is 3.79. The highest BCUT2D eigenvalue weighted by molar-refractivity contribution is 8.18. The van der Waals surface area contributed by atoms with Crippen LogP contribution in [0.4, 0.5) is 9.18 Å². The SMILES string of the molecule is Cc1cc(/C=C2\SC(=O)N(Cc3cc4c(cc3Cl)OCO4)C2=O)c(C)n1-c1ccccc1F. The zero-order chi connectivity index (χ0) is 23.3. The zero-order valence-corrected chi connectivity index (χ0v) is 19.3. The van der Waals surface area contributed by atoms with Gasteiger partial charge in [0.15, 0.2) is 11.5 Å². The first kappa shape index (κ1) is 21.6. The van der Waals surface area contributed by atoms with Gasteiger partial charge in [0.2, 0.25) is 6.79 Å². The molecule has 2 aliphatic heterocycles. The molecule has 1 fully saturated rings. The maximum absolute atomic E-state index is 14.4. The van der Waals surface area contributed by atoms with Gasteiger partial charge in [-0.3, -0.25) is 14.5 Å². The Morgan fingerprint density at radius 3 is 2.61 bits per heavy atom. The largest absolute Gasteiger partial charge is 0.454 e. The summed E-state index contributed by atoms with van der Waals surface area (Å²) in [5.41, 5.74) is 3.33. The molecule has 3 aromatic rings. The van der Waals surface area contributed by atoms with Gasteiger partial charge in [0, 0.05) is 22.5 Å². The number of aryl methyl sites for hydroxylation is 1. The van der Waals surface area contributed by atoms with E-state index in [0.717, 1.165) is 33.6 Å². The van der Waals surface area contributed by atoms with E-state index in [1.165, 1.54) is 6.07 Å². The number of thioether (sulfide) groups is 1. The Kier molecular flexibility index (Phi) is 5.42. The minimum Gasteiger partial charge on any atom is -0.454 e. The summed E-state index contributed by atoms with van der Waals surface area (Å²) in [7, 11) is 0. The minimum atomic E-state index is -0.408. The van der Waals surface area contributed by atoms with Crippen molar-refractivity contribution in [3.63, 3.8) is 0 Å². The molecule has 0 radical (unpaired) electrons. The molecule has 9 heteroatoms. The van der Waals surface area contributed by atoms with Crippen LogP contribution in [-0.4, -0.2) is 27.4 Å². The maximum Gasteiger partial charge on any atom is 0.293 e. The molecule has 0 atom stereocenters. The van der Waals surface area contributed by atoms with Gasteiger partial charge in [-0.15, -0.1) is 0 Å². The van der Waals surface area contributed by atoms with E-state index >= 15 is 0 Å². The second-order valence-electron chi connectivity index (χ2n) is 7.68. The third-order valence-electron chi connectivity index (χ3n) is 5.59. The van der Waals surface area contributed by atoms with Crippen LogP contribution < -0.4 is 9.47 Å². The van der Waals surface area contributed by atoms with Crippen molar-refractivity contribution in [1.82, 2.24) is 9.47 Å². The molecule has 0 saturated carbocycles. The van der Waals surface area contributed by atoms with Crippen LogP contribution in [0, 0.1) is 19.7 Å². The lowest BCUT2D eigenvalue weighted by Crippen LogP contribution is -2.27. The van der Waals surface area contributed by atoms with Crippen LogP contribution in [0.3, 0.4) is 0 Å². The molecule has 2 aliphatic rings. The number of rotatable bonds is 4. The second-order valence-corrected chi connectivity index (χ2v) is 9.08. The number of carbonyl (C=O) groups is 2. The van der Waals surface area contributed by atoms with E-state index in [-0.39, 0.29) is 24.4 Å². The lowest BCUT2D eigenvalue weighted by molar-refractivity contribution is -0.123. The Morgan fingerprint density at radius 1 is 1.12 bits per heavy atom. The fourth-order valence-corrected chi connectivity index (χ4v) is 5.01. The molecule has 0 spiro atoms. The monoisotopic (exact) mass is 484 g/mol. The fourth-order valence-electron chi connectivity index (χ4n) is 3.97. The number of imide groups is 1. The number of hydrogen-bond donors (Lipinski definition) is 0. The van der Waals surface area contributed by atoms with Gasteiger partial charge >= 0.3 is 0 Å². The average molecular weight is 485 g/mol. The Balaban J connectivity index is 1.44. The minimum absolute atomic E-state index is 0.0196. The van der Waals surface area contributed by atoms with Crippen LogP contribution in [0.25, 0.3) is 11.8 Å². The van der Waals surface area contributed by atoms with Crippen molar-refractivity contribution in [2.75, 3.05) is 6.79 Å². The highest BCUT2D eigenvalue weighted by atomic mass is 35.5. The molecular formula is C24H18ClFN2O4S. The van der Waals surface area contributed by atoms with Gasteiger partial charge in [0.1, 0.15) is 5.82 Å². The fraction of sp³-hybridized carbons (Fsp3) is 0.167. The van der Waals surface area contributed by atoms with Crippen LogP contribution in [0.5, 0.6) is 11.5 Å². The van der Waals surface area contributed by atoms with Crippen molar-refractivity contribution < 1.29 is 23.5 Å². The lowest BCUT2D eigenvalue weighted by Gasteiger charge is -2.14. The van der Waals surface area contributed by atoms with Crippen LogP contribution >= 0.6 is 23.4 Å². The molecule has 2 amide bonds. The van der Waals surface area contributed by atoms with Gasteiger partial charge in [-0.2, -0.15) is 0 Å². The Bertz CT molecular complexity index is 1350. The van der Waals surface area contributed by atoms with E-state index in [1.54, 1.807) is 41.0 Å². The summed E-state index contributed by atoms with van der Waals surface area (Å²) in [5.74, 6) is 0.307. The van der Waals surface area contributed by atoms with Crippen molar-refractivity contribution in [3.8, 4) is 17.2 Å². The number of nitrogens with zero attached hydrogens (tertiary/aromatic N) is 2. The predicted octanol–water partition coefficient (Wildman–Crippen LogP) is 5.85. The van der Waals surface area contributed by atoms with E-state index in [9.17, 15) is 14.0 Å². The Morgan fingerprint density at radius 2 is 1.85 bits per heavy atom. The summed E-state index contributed by atoms with van der Waals surface area (Å²) in [5, 5.41) is -0.00129. The van der Waals surface area contributed by atoms with Crippen LogP contribution in [0.2, 0.25) is 5.02 Å². The smallest absolute Gasteiger partial charge is 0.293 e. The topological polar surface area (TPSA) is 60.8 Å². The van der Waals surface area contributed by atoms with Gasteiger partial charge in [0.05, 0.1) is 17.1 Å². The second kappa shape index (κ2) is 8.28. The first-order valence-electron chi connectivity index (χ1n) is 10.1. The normalized spacial score (nSPS) is 16.4. The van der Waals surface area contributed by atoms with Gasteiger partial charge < -0.3 is 14.0 Å². The number of hydrogen-bond acceptors (Lipinski definition) is 5. The Hall–Kier alpha value is -3.23. The number of carbonyl (C=O) groups excluding carboxylic acids is 2. The van der Waals surface area contributed by atoms with Crippen molar-refractivity contribution in [1.29, 1.82) is 0 Å². The van der Waals surface area contributed by atoms with Gasteiger partial charge in [0.25, 0.3) is 11.1 Å². The maximum atomic E-state index is 14.4. The summed E-state index contributed by atoms with van der Waals surface area (Å²) >= 11 is 7.19. The summed E-state index contributed by atoms with van der Waals surface area (Å²) in [6, 6.07) is 11.7. The standard InChI is InChI=1S/C24H18ClFN2O4S/c1-13-7-15(14(2)28(13)19-6-4-3-5-18(19)26)9-22-23(29)27(24(30)33-22)11-16-8-20-21(10-17(16)25)32-12-31-20/h3-10H,11-12H2,1-2H3/b22-9-.